The van der Waals surface area contributed by atoms with Crippen LogP contribution in [0.15, 0.2) is 12.2 Å². The minimum atomic E-state index is 0.263. The summed E-state index contributed by atoms with van der Waals surface area (Å²) in [4.78, 5) is 2.57. The summed E-state index contributed by atoms with van der Waals surface area (Å²) in [7, 11) is 0. The molecule has 0 rings (SSSR count). The molecule has 0 aromatic rings. The van der Waals surface area contributed by atoms with Crippen molar-refractivity contribution in [1.29, 1.82) is 0 Å². The van der Waals surface area contributed by atoms with Crippen LogP contribution in [0.1, 0.15) is 53.9 Å². The first-order valence-electron chi connectivity index (χ1n) is 6.38. The van der Waals surface area contributed by atoms with Crippen molar-refractivity contribution in [2.24, 2.45) is 5.41 Å². The average molecular weight is 211 g/mol. The second kappa shape index (κ2) is 7.05. The number of hydrogen-bond donors (Lipinski definition) is 0. The lowest BCUT2D eigenvalue weighted by Gasteiger charge is -2.34. The van der Waals surface area contributed by atoms with Crippen molar-refractivity contribution in [3.05, 3.63) is 12.2 Å². The number of nitrogens with zero attached hydrogens (tertiary/aromatic N) is 1. The van der Waals surface area contributed by atoms with Crippen molar-refractivity contribution < 1.29 is 0 Å². The Morgan fingerprint density at radius 2 is 1.53 bits per heavy atom. The van der Waals surface area contributed by atoms with Gasteiger partial charge in [0.2, 0.25) is 0 Å². The standard InChI is InChI=1S/C14H29N/c1-7-10-15(11-8-2)12-14(5,6)13(4)9-3/h4,7-12H2,1-3,5-6H3. The smallest absolute Gasteiger partial charge is 0.00699 e. The largest absolute Gasteiger partial charge is 0.303 e. The van der Waals surface area contributed by atoms with Crippen LogP contribution in [0.25, 0.3) is 0 Å². The molecule has 0 atom stereocenters. The van der Waals surface area contributed by atoms with Crippen LogP contribution in [0.3, 0.4) is 0 Å². The molecule has 1 heteroatoms. The molecule has 0 spiro atoms. The maximum atomic E-state index is 4.19. The van der Waals surface area contributed by atoms with E-state index in [1.54, 1.807) is 0 Å². The highest BCUT2D eigenvalue weighted by molar-refractivity contribution is 5.07. The fraction of sp³-hybridized carbons (Fsp3) is 0.857. The van der Waals surface area contributed by atoms with Crippen LogP contribution in [0.5, 0.6) is 0 Å². The summed E-state index contributed by atoms with van der Waals surface area (Å²) in [5.74, 6) is 0. The van der Waals surface area contributed by atoms with E-state index in [1.807, 2.05) is 0 Å². The van der Waals surface area contributed by atoms with Crippen LogP contribution < -0.4 is 0 Å². The molecule has 0 aliphatic heterocycles. The summed E-state index contributed by atoms with van der Waals surface area (Å²) in [5.41, 5.74) is 1.64. The van der Waals surface area contributed by atoms with E-state index in [2.05, 4.69) is 46.1 Å². The van der Waals surface area contributed by atoms with Crippen LogP contribution in [0.4, 0.5) is 0 Å². The van der Waals surface area contributed by atoms with E-state index in [-0.39, 0.29) is 5.41 Å². The first-order valence-corrected chi connectivity index (χ1v) is 6.38. The summed E-state index contributed by atoms with van der Waals surface area (Å²) < 4.78 is 0. The van der Waals surface area contributed by atoms with Crippen molar-refractivity contribution in [2.75, 3.05) is 19.6 Å². The quantitative estimate of drug-likeness (QED) is 0.546. The molecule has 1 nitrogen and oxygen atoms in total. The first-order chi connectivity index (χ1) is 6.97. The molecular weight excluding hydrogens is 182 g/mol. The second-order valence-corrected chi connectivity index (χ2v) is 5.12. The van der Waals surface area contributed by atoms with Gasteiger partial charge in [-0.3, -0.25) is 0 Å². The molecule has 0 radical (unpaired) electrons. The predicted octanol–water partition coefficient (Wildman–Crippen LogP) is 4.10. The van der Waals surface area contributed by atoms with Gasteiger partial charge in [0.05, 0.1) is 0 Å². The molecule has 0 amide bonds. The lowest BCUT2D eigenvalue weighted by molar-refractivity contribution is 0.200. The molecule has 0 heterocycles. The topological polar surface area (TPSA) is 3.24 Å². The van der Waals surface area contributed by atoms with Gasteiger partial charge in [-0.25, -0.2) is 0 Å². The van der Waals surface area contributed by atoms with Gasteiger partial charge in [0, 0.05) is 6.54 Å². The zero-order valence-corrected chi connectivity index (χ0v) is 11.4. The fourth-order valence-electron chi connectivity index (χ4n) is 2.05. The van der Waals surface area contributed by atoms with Gasteiger partial charge in [-0.05, 0) is 37.8 Å². The van der Waals surface area contributed by atoms with Gasteiger partial charge in [-0.15, -0.1) is 0 Å². The van der Waals surface area contributed by atoms with E-state index < -0.39 is 0 Å². The predicted molar refractivity (Wildman–Crippen MR) is 70.2 cm³/mol. The molecule has 0 aromatic carbocycles. The third-order valence-electron chi connectivity index (χ3n) is 3.08. The Balaban J connectivity index is 4.29. The SMILES string of the molecule is C=C(CC)C(C)(C)CN(CCC)CCC. The van der Waals surface area contributed by atoms with Crippen molar-refractivity contribution in [2.45, 2.75) is 53.9 Å². The molecule has 0 saturated heterocycles. The van der Waals surface area contributed by atoms with Crippen LogP contribution in [0.2, 0.25) is 0 Å². The lowest BCUT2D eigenvalue weighted by Crippen LogP contribution is -2.36. The van der Waals surface area contributed by atoms with Gasteiger partial charge in [-0.2, -0.15) is 0 Å². The molecule has 90 valence electrons. The molecular formula is C14H29N. The molecule has 0 unspecified atom stereocenters. The number of rotatable bonds is 8. The monoisotopic (exact) mass is 211 g/mol. The molecule has 0 bridgehead atoms. The minimum absolute atomic E-state index is 0.263. The molecule has 0 aliphatic rings. The van der Waals surface area contributed by atoms with Gasteiger partial charge in [0.1, 0.15) is 0 Å². The minimum Gasteiger partial charge on any atom is -0.303 e. The van der Waals surface area contributed by atoms with E-state index in [0.717, 1.165) is 13.0 Å². The molecule has 0 aromatic heterocycles. The van der Waals surface area contributed by atoms with Gasteiger partial charge in [0.25, 0.3) is 0 Å². The van der Waals surface area contributed by atoms with Gasteiger partial charge >= 0.3 is 0 Å². The zero-order valence-electron chi connectivity index (χ0n) is 11.4. The molecule has 0 aliphatic carbocycles. The lowest BCUT2D eigenvalue weighted by atomic mass is 9.83. The third kappa shape index (κ3) is 5.36. The normalized spacial score (nSPS) is 12.1. The Morgan fingerprint density at radius 3 is 1.87 bits per heavy atom. The second-order valence-electron chi connectivity index (χ2n) is 5.12. The highest BCUT2D eigenvalue weighted by Crippen LogP contribution is 2.28. The maximum absolute atomic E-state index is 4.19. The Morgan fingerprint density at radius 1 is 1.07 bits per heavy atom. The van der Waals surface area contributed by atoms with Crippen LogP contribution in [0, 0.1) is 5.41 Å². The summed E-state index contributed by atoms with van der Waals surface area (Å²) >= 11 is 0. The van der Waals surface area contributed by atoms with Gasteiger partial charge < -0.3 is 4.90 Å². The highest BCUT2D eigenvalue weighted by atomic mass is 15.1. The zero-order chi connectivity index (χ0) is 11.9. The average Bonchev–Trinajstić information content (AvgIpc) is 2.16. The fourth-order valence-corrected chi connectivity index (χ4v) is 2.05. The number of hydrogen-bond acceptors (Lipinski definition) is 1. The van der Waals surface area contributed by atoms with E-state index in [0.29, 0.717) is 0 Å². The maximum Gasteiger partial charge on any atom is 0.00699 e. The van der Waals surface area contributed by atoms with E-state index in [1.165, 1.54) is 31.5 Å². The van der Waals surface area contributed by atoms with E-state index in [4.69, 9.17) is 0 Å². The van der Waals surface area contributed by atoms with Gasteiger partial charge in [0.15, 0.2) is 0 Å². The molecule has 0 fully saturated rings. The summed E-state index contributed by atoms with van der Waals surface area (Å²) in [6.07, 6.45) is 3.59. The van der Waals surface area contributed by atoms with E-state index in [9.17, 15) is 0 Å². The third-order valence-corrected chi connectivity index (χ3v) is 3.08. The molecule has 0 saturated carbocycles. The van der Waals surface area contributed by atoms with Crippen molar-refractivity contribution in [3.8, 4) is 0 Å². The Hall–Kier alpha value is -0.300. The summed E-state index contributed by atoms with van der Waals surface area (Å²) in [6, 6.07) is 0. The Bertz CT molecular complexity index is 176. The van der Waals surface area contributed by atoms with Crippen LogP contribution >= 0.6 is 0 Å². The molecule has 15 heavy (non-hydrogen) atoms. The molecule has 0 N–H and O–H groups in total. The van der Waals surface area contributed by atoms with Crippen molar-refractivity contribution in [1.82, 2.24) is 4.90 Å². The van der Waals surface area contributed by atoms with Gasteiger partial charge in [-0.1, -0.05) is 46.8 Å². The highest BCUT2D eigenvalue weighted by Gasteiger charge is 2.23. The van der Waals surface area contributed by atoms with Crippen LogP contribution in [-0.2, 0) is 0 Å². The Labute approximate surface area is 96.6 Å². The van der Waals surface area contributed by atoms with Crippen molar-refractivity contribution >= 4 is 0 Å². The summed E-state index contributed by atoms with van der Waals surface area (Å²) in [6.45, 7) is 19.1. The Kier molecular flexibility index (Phi) is 6.91. The van der Waals surface area contributed by atoms with E-state index >= 15 is 0 Å². The van der Waals surface area contributed by atoms with Crippen LogP contribution in [-0.4, -0.2) is 24.5 Å². The first kappa shape index (κ1) is 14.7. The summed E-state index contributed by atoms with van der Waals surface area (Å²) in [5, 5.41) is 0. The van der Waals surface area contributed by atoms with Crippen molar-refractivity contribution in [3.63, 3.8) is 0 Å².